The van der Waals surface area contributed by atoms with Gasteiger partial charge in [0.1, 0.15) is 24.4 Å². The maximum absolute atomic E-state index is 11.6. The highest BCUT2D eigenvalue weighted by molar-refractivity contribution is 5.67. The lowest BCUT2D eigenvalue weighted by Gasteiger charge is -2.39. The summed E-state index contributed by atoms with van der Waals surface area (Å²) in [4.78, 5) is 11.6. The Kier molecular flexibility index (Phi) is 8.66. The third-order valence-electron chi connectivity index (χ3n) is 3.62. The third-order valence-corrected chi connectivity index (χ3v) is 3.62. The first-order chi connectivity index (χ1) is 10.5. The van der Waals surface area contributed by atoms with Crippen molar-refractivity contribution >= 4 is 6.09 Å². The minimum absolute atomic E-state index is 0.444. The molecule has 0 bridgehead atoms. The molecule has 1 amide bonds. The van der Waals surface area contributed by atoms with Crippen molar-refractivity contribution in [2.45, 2.75) is 69.7 Å². The van der Waals surface area contributed by atoms with Crippen molar-refractivity contribution in [3.05, 3.63) is 0 Å². The Bertz CT molecular complexity index is 326. The minimum atomic E-state index is -1.58. The Morgan fingerprint density at radius 3 is 2.41 bits per heavy atom. The highest BCUT2D eigenvalue weighted by atomic mass is 16.7. The van der Waals surface area contributed by atoms with Crippen molar-refractivity contribution in [1.29, 1.82) is 0 Å². The van der Waals surface area contributed by atoms with Gasteiger partial charge in [-0.1, -0.05) is 32.6 Å². The quantitative estimate of drug-likeness (QED) is 0.381. The lowest BCUT2D eigenvalue weighted by Crippen LogP contribution is -2.59. The van der Waals surface area contributed by atoms with Crippen molar-refractivity contribution in [3.63, 3.8) is 0 Å². The zero-order chi connectivity index (χ0) is 16.5. The van der Waals surface area contributed by atoms with Crippen LogP contribution in [0.5, 0.6) is 0 Å². The van der Waals surface area contributed by atoms with Crippen LogP contribution in [0.3, 0.4) is 0 Å². The van der Waals surface area contributed by atoms with Crippen molar-refractivity contribution in [3.8, 4) is 0 Å². The molecule has 0 unspecified atom stereocenters. The first-order valence-corrected chi connectivity index (χ1v) is 7.76. The molecule has 1 saturated heterocycles. The largest absolute Gasteiger partial charge is 0.417 e. The number of aliphatic hydroxyl groups excluding tert-OH is 4. The lowest BCUT2D eigenvalue weighted by atomic mass is 9.99. The van der Waals surface area contributed by atoms with E-state index in [1.807, 2.05) is 0 Å². The van der Waals surface area contributed by atoms with Crippen LogP contribution in [0.2, 0.25) is 0 Å². The molecule has 0 aliphatic carbocycles. The minimum Gasteiger partial charge on any atom is -0.417 e. The number of hydrogen-bond acceptors (Lipinski definition) is 7. The number of aliphatic hydroxyl groups is 4. The summed E-state index contributed by atoms with van der Waals surface area (Å²) >= 11 is 0. The van der Waals surface area contributed by atoms with Gasteiger partial charge in [0.2, 0.25) is 6.29 Å². The van der Waals surface area contributed by atoms with Gasteiger partial charge in [-0.15, -0.1) is 0 Å². The fourth-order valence-corrected chi connectivity index (χ4v) is 2.23. The van der Waals surface area contributed by atoms with E-state index in [4.69, 9.17) is 14.6 Å². The molecule has 1 aliphatic rings. The topological polar surface area (TPSA) is 128 Å². The molecule has 8 nitrogen and oxygen atoms in total. The summed E-state index contributed by atoms with van der Waals surface area (Å²) in [7, 11) is 0. The van der Waals surface area contributed by atoms with Gasteiger partial charge >= 0.3 is 6.09 Å². The summed E-state index contributed by atoms with van der Waals surface area (Å²) in [6.07, 6.45) is -2.66. The van der Waals surface area contributed by atoms with E-state index in [-0.39, 0.29) is 0 Å². The van der Waals surface area contributed by atoms with E-state index in [0.29, 0.717) is 6.54 Å². The zero-order valence-corrected chi connectivity index (χ0v) is 12.9. The Morgan fingerprint density at radius 2 is 1.77 bits per heavy atom. The van der Waals surface area contributed by atoms with E-state index in [0.717, 1.165) is 32.1 Å². The Labute approximate surface area is 130 Å². The van der Waals surface area contributed by atoms with E-state index in [1.54, 1.807) is 0 Å². The van der Waals surface area contributed by atoms with Crippen molar-refractivity contribution in [2.75, 3.05) is 13.2 Å². The van der Waals surface area contributed by atoms with Crippen LogP contribution in [0.1, 0.15) is 39.0 Å². The fourth-order valence-electron chi connectivity index (χ4n) is 2.23. The van der Waals surface area contributed by atoms with Gasteiger partial charge in [-0.3, -0.25) is 0 Å². The fraction of sp³-hybridized carbons (Fsp3) is 0.929. The highest BCUT2D eigenvalue weighted by Crippen LogP contribution is 2.21. The molecule has 5 N–H and O–H groups in total. The summed E-state index contributed by atoms with van der Waals surface area (Å²) in [5, 5.41) is 40.4. The summed E-state index contributed by atoms with van der Waals surface area (Å²) in [5.74, 6) is 0. The SMILES string of the molecule is CCCCCCCNC(=O)O[C@@H]1O[C@H](CO)[C@H](O)[C@H](O)[C@H]1O. The molecule has 1 aliphatic heterocycles. The number of amides is 1. The number of alkyl carbamates (subject to hydrolysis) is 1. The summed E-state index contributed by atoms with van der Waals surface area (Å²) in [6, 6.07) is 0. The molecule has 1 fully saturated rings. The number of rotatable bonds is 8. The standard InChI is InChI=1S/C14H27NO7/c1-2-3-4-5-6-7-15-14(20)22-13-12(19)11(18)10(17)9(8-16)21-13/h9-13,16-19H,2-8H2,1H3,(H,15,20)/t9-,10+,11+,12-,13+/m1/s1. The smallest absolute Gasteiger partial charge is 0.409 e. The van der Waals surface area contributed by atoms with E-state index < -0.39 is 43.4 Å². The van der Waals surface area contributed by atoms with Crippen LogP contribution >= 0.6 is 0 Å². The Morgan fingerprint density at radius 1 is 1.09 bits per heavy atom. The third kappa shape index (κ3) is 5.69. The second-order valence-corrected chi connectivity index (χ2v) is 5.44. The number of carbonyl (C=O) groups is 1. The number of unbranched alkanes of at least 4 members (excludes halogenated alkanes) is 4. The predicted molar refractivity (Wildman–Crippen MR) is 77.0 cm³/mol. The van der Waals surface area contributed by atoms with Crippen molar-refractivity contribution < 1.29 is 34.7 Å². The summed E-state index contributed by atoms with van der Waals surface area (Å²) < 4.78 is 9.95. The Hall–Kier alpha value is -0.930. The number of ether oxygens (including phenoxy) is 2. The summed E-state index contributed by atoms with van der Waals surface area (Å²) in [5.41, 5.74) is 0. The molecule has 0 aromatic rings. The maximum atomic E-state index is 11.6. The van der Waals surface area contributed by atoms with E-state index in [1.165, 1.54) is 0 Å². The Balaban J connectivity index is 2.30. The second kappa shape index (κ2) is 9.96. The molecule has 0 aromatic carbocycles. The number of carbonyl (C=O) groups excluding carboxylic acids is 1. The molecule has 0 saturated carbocycles. The van der Waals surface area contributed by atoms with Crippen molar-refractivity contribution in [2.24, 2.45) is 0 Å². The molecule has 0 spiro atoms. The van der Waals surface area contributed by atoms with Crippen LogP contribution < -0.4 is 5.32 Å². The van der Waals surface area contributed by atoms with Crippen LogP contribution in [0.15, 0.2) is 0 Å². The van der Waals surface area contributed by atoms with Crippen LogP contribution in [0, 0.1) is 0 Å². The van der Waals surface area contributed by atoms with Crippen LogP contribution in [0.25, 0.3) is 0 Å². The maximum Gasteiger partial charge on any atom is 0.409 e. The molecule has 8 heteroatoms. The molecule has 1 heterocycles. The van der Waals surface area contributed by atoms with E-state index in [2.05, 4.69) is 12.2 Å². The molecular formula is C14H27NO7. The van der Waals surface area contributed by atoms with Gasteiger partial charge in [0.25, 0.3) is 0 Å². The number of hydrogen-bond donors (Lipinski definition) is 5. The molecule has 22 heavy (non-hydrogen) atoms. The number of nitrogens with one attached hydrogen (secondary N) is 1. The van der Waals surface area contributed by atoms with Gasteiger partial charge in [0.05, 0.1) is 6.61 Å². The average Bonchev–Trinajstić information content (AvgIpc) is 2.51. The monoisotopic (exact) mass is 321 g/mol. The highest BCUT2D eigenvalue weighted by Gasteiger charge is 2.45. The molecule has 1 rings (SSSR count). The zero-order valence-electron chi connectivity index (χ0n) is 12.9. The second-order valence-electron chi connectivity index (χ2n) is 5.44. The van der Waals surface area contributed by atoms with Gasteiger partial charge in [-0.25, -0.2) is 4.79 Å². The van der Waals surface area contributed by atoms with Crippen LogP contribution in [0.4, 0.5) is 4.79 Å². The van der Waals surface area contributed by atoms with Gasteiger partial charge < -0.3 is 35.2 Å². The molecule has 0 radical (unpaired) electrons. The molecule has 0 aromatic heterocycles. The normalized spacial score (nSPS) is 31.8. The first-order valence-electron chi connectivity index (χ1n) is 7.76. The molecule has 130 valence electrons. The first kappa shape index (κ1) is 19.1. The van der Waals surface area contributed by atoms with Gasteiger partial charge in [0, 0.05) is 6.54 Å². The summed E-state index contributed by atoms with van der Waals surface area (Å²) in [6.45, 7) is 2.00. The van der Waals surface area contributed by atoms with Gasteiger partial charge in [0.15, 0.2) is 0 Å². The van der Waals surface area contributed by atoms with Crippen LogP contribution in [-0.2, 0) is 9.47 Å². The van der Waals surface area contributed by atoms with Gasteiger partial charge in [-0.05, 0) is 6.42 Å². The molecular weight excluding hydrogens is 294 g/mol. The average molecular weight is 321 g/mol. The van der Waals surface area contributed by atoms with E-state index >= 15 is 0 Å². The molecule has 5 atom stereocenters. The lowest BCUT2D eigenvalue weighted by molar-refractivity contribution is -0.284. The van der Waals surface area contributed by atoms with Crippen molar-refractivity contribution in [1.82, 2.24) is 5.32 Å². The van der Waals surface area contributed by atoms with E-state index in [9.17, 15) is 20.1 Å². The van der Waals surface area contributed by atoms with Gasteiger partial charge in [-0.2, -0.15) is 0 Å². The van der Waals surface area contributed by atoms with Crippen LogP contribution in [-0.4, -0.2) is 70.4 Å². The predicted octanol–water partition coefficient (Wildman–Crippen LogP) is -0.517.